The molecule has 2 aliphatic rings. The number of hydrogen-bond donors (Lipinski definition) is 2. The summed E-state index contributed by atoms with van der Waals surface area (Å²) in [5.74, 6) is 0.410. The van der Waals surface area contributed by atoms with Gasteiger partial charge in [0.05, 0.1) is 0 Å². The van der Waals surface area contributed by atoms with Gasteiger partial charge in [0, 0.05) is 0 Å². The van der Waals surface area contributed by atoms with E-state index in [4.69, 9.17) is 16.6 Å². The zero-order valence-corrected chi connectivity index (χ0v) is 20.0. The van der Waals surface area contributed by atoms with Crippen LogP contribution in [-0.2, 0) is 10.9 Å². The third-order valence-corrected chi connectivity index (χ3v) is 15.9. The third kappa shape index (κ3) is 2.98. The predicted molar refractivity (Wildman–Crippen MR) is 121 cm³/mol. The van der Waals surface area contributed by atoms with Crippen molar-refractivity contribution in [2.75, 3.05) is 12.3 Å². The van der Waals surface area contributed by atoms with Gasteiger partial charge in [-0.15, -0.1) is 0 Å². The predicted octanol–water partition coefficient (Wildman–Crippen LogP) is 0.944. The topological polar surface area (TPSA) is 105 Å². The number of nitrogen functional groups attached to an aromatic ring is 1. The van der Waals surface area contributed by atoms with Crippen LogP contribution in [0.25, 0.3) is 11.0 Å². The number of aromatic nitrogens is 3. The number of benzene rings is 2. The Kier molecular flexibility index (Phi) is 4.92. The molecule has 0 radical (unpaired) electrons. The number of nitrogens with zero attached hydrogens (tertiary/aromatic N) is 3. The molecule has 2 aromatic carbocycles. The van der Waals surface area contributed by atoms with Gasteiger partial charge in [-0.05, 0) is 0 Å². The van der Waals surface area contributed by atoms with E-state index >= 15 is 0 Å². The van der Waals surface area contributed by atoms with E-state index in [0.29, 0.717) is 11.5 Å². The van der Waals surface area contributed by atoms with Crippen LogP contribution in [0.2, 0.25) is 0 Å². The molecule has 0 spiro atoms. The minimum absolute atomic E-state index is 0.164. The van der Waals surface area contributed by atoms with E-state index in [1.807, 2.05) is 53.2 Å². The van der Waals surface area contributed by atoms with E-state index in [1.54, 1.807) is 0 Å². The molecule has 0 saturated carbocycles. The Balaban J connectivity index is 1.47. The van der Waals surface area contributed by atoms with Crippen LogP contribution in [0, 0.1) is 0 Å². The molecule has 0 aliphatic carbocycles. The van der Waals surface area contributed by atoms with Crippen LogP contribution in [0.15, 0.2) is 79.3 Å². The van der Waals surface area contributed by atoms with Gasteiger partial charge in [0.2, 0.25) is 0 Å². The molecule has 2 aliphatic heterocycles. The van der Waals surface area contributed by atoms with Gasteiger partial charge in [-0.1, -0.05) is 0 Å². The van der Waals surface area contributed by atoms with Crippen LogP contribution in [0.5, 0.6) is 0 Å². The number of hydrogen-bond acceptors (Lipinski definition) is 7. The van der Waals surface area contributed by atoms with Gasteiger partial charge in [0.1, 0.15) is 0 Å². The molecule has 2 fully saturated rings. The van der Waals surface area contributed by atoms with Crippen molar-refractivity contribution in [3.05, 3.63) is 79.3 Å². The van der Waals surface area contributed by atoms with Crippen molar-refractivity contribution < 1.29 is 16.0 Å². The zero-order valence-electron chi connectivity index (χ0n) is 17.1. The van der Waals surface area contributed by atoms with Crippen molar-refractivity contribution >= 4 is 43.2 Å². The van der Waals surface area contributed by atoms with Crippen LogP contribution in [0.1, 0.15) is 6.23 Å². The second-order valence-electron chi connectivity index (χ2n) is 7.98. The summed E-state index contributed by atoms with van der Waals surface area (Å²) >= 11 is -4.01. The molecule has 2 saturated heterocycles. The molecule has 2 aromatic heterocycles. The second-order valence-corrected chi connectivity index (χ2v) is 16.1. The van der Waals surface area contributed by atoms with Crippen molar-refractivity contribution in [3.8, 4) is 0 Å². The second kappa shape index (κ2) is 7.82. The average molecular weight is 537 g/mol. The van der Waals surface area contributed by atoms with Crippen molar-refractivity contribution in [1.82, 2.24) is 14.5 Å². The number of anilines is 1. The van der Waals surface area contributed by atoms with E-state index in [-0.39, 0.29) is 6.61 Å². The molecule has 162 valence electrons. The first-order valence-corrected chi connectivity index (χ1v) is 15.7. The normalized spacial score (nSPS) is 26.4. The number of rotatable bonds is 4. The Labute approximate surface area is 189 Å². The summed E-state index contributed by atoms with van der Waals surface area (Å²) in [7, 11) is 0. The van der Waals surface area contributed by atoms with E-state index < -0.39 is 43.7 Å². The fourth-order valence-electron chi connectivity index (χ4n) is 4.71. The van der Waals surface area contributed by atoms with E-state index in [2.05, 4.69) is 34.2 Å². The Morgan fingerprint density at radius 3 is 2.22 bits per heavy atom. The van der Waals surface area contributed by atoms with Crippen molar-refractivity contribution in [2.45, 2.75) is 24.5 Å². The molecule has 4 aromatic rings. The first-order valence-electron chi connectivity index (χ1n) is 10.5. The van der Waals surface area contributed by atoms with Crippen LogP contribution >= 0.6 is 0 Å². The van der Waals surface area contributed by atoms with Gasteiger partial charge >= 0.3 is 190 Å². The summed E-state index contributed by atoms with van der Waals surface area (Å²) < 4.78 is 24.1. The Bertz CT molecular complexity index is 1210. The number of aliphatic hydroxyl groups is 1. The quantitative estimate of drug-likeness (QED) is 0.374. The molecular formula is C23H22N4O4Sn. The third-order valence-electron chi connectivity index (χ3n) is 6.19. The van der Waals surface area contributed by atoms with Crippen molar-refractivity contribution in [2.24, 2.45) is 0 Å². The molecule has 9 heteroatoms. The summed E-state index contributed by atoms with van der Waals surface area (Å²) in [6.45, 7) is -0.164. The molecule has 8 nitrogen and oxygen atoms in total. The van der Waals surface area contributed by atoms with Crippen LogP contribution < -0.4 is 12.9 Å². The van der Waals surface area contributed by atoms with Gasteiger partial charge in [-0.3, -0.25) is 0 Å². The maximum atomic E-state index is 10.1. The molecule has 0 amide bonds. The Morgan fingerprint density at radius 1 is 0.906 bits per heavy atom. The van der Waals surface area contributed by atoms with Crippen molar-refractivity contribution in [1.29, 1.82) is 0 Å². The van der Waals surface area contributed by atoms with E-state index in [9.17, 15) is 5.11 Å². The average Bonchev–Trinajstić information content (AvgIpc) is 3.53. The van der Waals surface area contributed by atoms with Gasteiger partial charge in [-0.25, -0.2) is 0 Å². The molecule has 6 rings (SSSR count). The Hall–Kier alpha value is -2.50. The fraction of sp³-hybridized carbons (Fsp3) is 0.217. The molecule has 4 unspecified atom stereocenters. The van der Waals surface area contributed by atoms with E-state index in [1.165, 1.54) is 6.33 Å². The number of ether oxygens (including phenoxy) is 1. The first kappa shape index (κ1) is 20.1. The van der Waals surface area contributed by atoms with E-state index in [0.717, 1.165) is 12.5 Å². The summed E-state index contributed by atoms with van der Waals surface area (Å²) in [5, 5.41) is 10.9. The van der Waals surface area contributed by atoms with Gasteiger partial charge in [-0.2, -0.15) is 0 Å². The summed E-state index contributed by atoms with van der Waals surface area (Å²) in [6, 6.07) is 22.2. The molecule has 4 heterocycles. The summed E-state index contributed by atoms with van der Waals surface area (Å²) in [6.07, 6.45) is 1.52. The first-order chi connectivity index (χ1) is 15.7. The number of aliphatic hydroxyl groups excluding tert-OH is 1. The van der Waals surface area contributed by atoms with Gasteiger partial charge < -0.3 is 0 Å². The molecule has 4 atom stereocenters. The molecule has 3 N–H and O–H groups in total. The minimum atomic E-state index is -4.01. The molecule has 32 heavy (non-hydrogen) atoms. The monoisotopic (exact) mass is 538 g/mol. The number of nitrogens with two attached hydrogens (primary N) is 1. The summed E-state index contributed by atoms with van der Waals surface area (Å²) in [5.41, 5.74) is 6.70. The molecular weight excluding hydrogens is 515 g/mol. The van der Waals surface area contributed by atoms with Crippen LogP contribution in [-0.4, -0.2) is 63.8 Å². The van der Waals surface area contributed by atoms with Crippen molar-refractivity contribution in [3.63, 3.8) is 0 Å². The zero-order chi connectivity index (χ0) is 21.7. The standard InChI is InChI=1S/C11H12N4O4.2C6H5.Sn/c12-9-5-1-2-15(10(5)14-4-13-9)11-8(18)7(17)6(3-16)19-11;2*1-2-4-6-5-3-1;/h1-2,4,6-8,11,16H,3H2,(H2,12,13,14);2*1-5H;/q-2;;;+2. The molecule has 0 bridgehead atoms. The fourth-order valence-corrected chi connectivity index (χ4v) is 14.7. The number of fused-ring (bicyclic) bond motifs is 2. The van der Waals surface area contributed by atoms with Gasteiger partial charge in [0.15, 0.2) is 0 Å². The Morgan fingerprint density at radius 2 is 1.56 bits per heavy atom. The maximum absolute atomic E-state index is 10.1. The summed E-state index contributed by atoms with van der Waals surface area (Å²) in [4.78, 5) is 8.49. The van der Waals surface area contributed by atoms with Crippen LogP contribution in [0.3, 0.4) is 0 Å². The van der Waals surface area contributed by atoms with Crippen LogP contribution in [0.4, 0.5) is 5.82 Å². The SMILES string of the molecule is Nc1ncnc2c1ccn2C1OC(CO)C2[O][Sn]([c]3ccccc3)([c]3ccccc3)[O]C21. The van der Waals surface area contributed by atoms with Gasteiger partial charge in [0.25, 0.3) is 0 Å².